The first kappa shape index (κ1) is 20.5. The molecule has 0 unspecified atom stereocenters. The minimum absolute atomic E-state index is 0.0824. The monoisotopic (exact) mass is 398 g/mol. The Labute approximate surface area is 172 Å². The number of hydrazone groups is 1. The average Bonchev–Trinajstić information content (AvgIpc) is 2.72. The number of aryl methyl sites for hydroxylation is 1. The second-order valence-electron chi connectivity index (χ2n) is 7.03. The number of nitrogens with one attached hydrogen (secondary N) is 1. The first-order chi connectivity index (χ1) is 13.6. The highest BCUT2D eigenvalue weighted by molar-refractivity contribution is 6.31. The van der Waals surface area contributed by atoms with Crippen LogP contribution in [0.1, 0.15) is 23.6 Å². The van der Waals surface area contributed by atoms with Gasteiger partial charge in [-0.1, -0.05) is 61.0 Å². The summed E-state index contributed by atoms with van der Waals surface area (Å²) in [7, 11) is 0. The third-order valence-electron chi connectivity index (χ3n) is 4.97. The van der Waals surface area contributed by atoms with Crippen molar-refractivity contribution >= 4 is 23.7 Å². The topological polar surface area (TPSA) is 47.9 Å². The molecule has 2 aromatic carbocycles. The van der Waals surface area contributed by atoms with E-state index in [4.69, 9.17) is 11.6 Å². The van der Waals surface area contributed by atoms with Crippen LogP contribution in [-0.4, -0.2) is 54.6 Å². The summed E-state index contributed by atoms with van der Waals surface area (Å²) in [6.07, 6.45) is 2.69. The number of amides is 1. The van der Waals surface area contributed by atoms with Gasteiger partial charge in [-0.3, -0.25) is 14.6 Å². The van der Waals surface area contributed by atoms with Gasteiger partial charge in [0.05, 0.1) is 12.8 Å². The number of rotatable bonds is 7. The molecule has 1 amide bonds. The summed E-state index contributed by atoms with van der Waals surface area (Å²) in [6.45, 7) is 6.91. The molecule has 148 valence electrons. The van der Waals surface area contributed by atoms with Crippen molar-refractivity contribution in [1.82, 2.24) is 15.2 Å². The summed E-state index contributed by atoms with van der Waals surface area (Å²) < 4.78 is 0. The largest absolute Gasteiger partial charge is 0.296 e. The zero-order chi connectivity index (χ0) is 19.8. The smallest absolute Gasteiger partial charge is 0.254 e. The zero-order valence-electron chi connectivity index (χ0n) is 16.3. The molecule has 1 saturated heterocycles. The van der Waals surface area contributed by atoms with E-state index >= 15 is 0 Å². The maximum absolute atomic E-state index is 12.1. The van der Waals surface area contributed by atoms with Gasteiger partial charge < -0.3 is 0 Å². The van der Waals surface area contributed by atoms with Crippen molar-refractivity contribution in [2.75, 3.05) is 32.7 Å². The van der Waals surface area contributed by atoms with E-state index in [-0.39, 0.29) is 5.91 Å². The highest BCUT2D eigenvalue weighted by Gasteiger charge is 2.19. The molecule has 1 aliphatic rings. The maximum atomic E-state index is 12.1. The van der Waals surface area contributed by atoms with Gasteiger partial charge in [-0.05, 0) is 29.2 Å². The standard InChI is InChI=1S/C22H27ClN4O/c1-2-18-7-9-19(10-8-18)15-24-25-22(28)17-27-13-11-26(12-14-27)16-20-5-3-4-6-21(20)23/h3-10,15H,2,11-14,16-17H2,1H3,(H,25,28)/b24-15-. The SMILES string of the molecule is CCc1ccc(/C=N\NC(=O)CN2CCN(Cc3ccccc3Cl)CC2)cc1. The van der Waals surface area contributed by atoms with Crippen LogP contribution in [0.25, 0.3) is 0 Å². The molecular weight excluding hydrogens is 372 g/mol. The minimum Gasteiger partial charge on any atom is -0.296 e. The molecule has 0 aromatic heterocycles. The van der Waals surface area contributed by atoms with Crippen molar-refractivity contribution in [1.29, 1.82) is 0 Å². The zero-order valence-corrected chi connectivity index (χ0v) is 17.0. The molecule has 1 fully saturated rings. The number of hydrogen-bond donors (Lipinski definition) is 1. The average molecular weight is 399 g/mol. The first-order valence-electron chi connectivity index (χ1n) is 9.73. The first-order valence-corrected chi connectivity index (χ1v) is 10.1. The summed E-state index contributed by atoms with van der Waals surface area (Å²) in [5.74, 6) is -0.0824. The van der Waals surface area contributed by atoms with Crippen LogP contribution in [0.15, 0.2) is 53.6 Å². The minimum atomic E-state index is -0.0824. The lowest BCUT2D eigenvalue weighted by molar-refractivity contribution is -0.122. The van der Waals surface area contributed by atoms with Crippen LogP contribution in [0, 0.1) is 0 Å². The molecule has 1 heterocycles. The Hall–Kier alpha value is -2.21. The van der Waals surface area contributed by atoms with E-state index in [1.807, 2.05) is 30.3 Å². The summed E-state index contributed by atoms with van der Waals surface area (Å²) in [4.78, 5) is 16.6. The molecule has 0 aliphatic carbocycles. The molecule has 0 bridgehead atoms. The molecule has 3 rings (SSSR count). The molecule has 0 radical (unpaired) electrons. The normalized spacial score (nSPS) is 15.8. The second kappa shape index (κ2) is 10.4. The van der Waals surface area contributed by atoms with E-state index in [1.54, 1.807) is 6.21 Å². The predicted octanol–water partition coefficient (Wildman–Crippen LogP) is 3.17. The van der Waals surface area contributed by atoms with E-state index < -0.39 is 0 Å². The van der Waals surface area contributed by atoms with E-state index in [1.165, 1.54) is 5.56 Å². The Kier molecular flexibility index (Phi) is 7.60. The van der Waals surface area contributed by atoms with E-state index in [0.717, 1.165) is 55.3 Å². The van der Waals surface area contributed by atoms with Gasteiger partial charge >= 0.3 is 0 Å². The summed E-state index contributed by atoms with van der Waals surface area (Å²) in [5.41, 5.74) is 6.04. The number of benzene rings is 2. The van der Waals surface area contributed by atoms with Crippen molar-refractivity contribution < 1.29 is 4.79 Å². The number of piperazine rings is 1. The third kappa shape index (κ3) is 6.16. The molecule has 0 saturated carbocycles. The number of nitrogens with zero attached hydrogens (tertiary/aromatic N) is 3. The van der Waals surface area contributed by atoms with Crippen molar-refractivity contribution in [3.63, 3.8) is 0 Å². The highest BCUT2D eigenvalue weighted by Crippen LogP contribution is 2.17. The van der Waals surface area contributed by atoms with E-state index in [0.29, 0.717) is 6.54 Å². The highest BCUT2D eigenvalue weighted by atomic mass is 35.5. The predicted molar refractivity (Wildman–Crippen MR) is 115 cm³/mol. The van der Waals surface area contributed by atoms with Gasteiger partial charge in [-0.25, -0.2) is 5.43 Å². The van der Waals surface area contributed by atoms with Crippen LogP contribution in [0.3, 0.4) is 0 Å². The lowest BCUT2D eigenvalue weighted by Crippen LogP contribution is -2.48. The van der Waals surface area contributed by atoms with Gasteiger partial charge in [0, 0.05) is 37.7 Å². The van der Waals surface area contributed by atoms with E-state index in [2.05, 4.69) is 45.4 Å². The molecule has 1 N–H and O–H groups in total. The molecule has 0 spiro atoms. The number of halogens is 1. The maximum Gasteiger partial charge on any atom is 0.254 e. The van der Waals surface area contributed by atoms with Crippen LogP contribution >= 0.6 is 11.6 Å². The Bertz CT molecular complexity index is 798. The molecule has 28 heavy (non-hydrogen) atoms. The Balaban J connectivity index is 1.38. The third-order valence-corrected chi connectivity index (χ3v) is 5.34. The molecule has 1 aliphatic heterocycles. The number of carbonyl (C=O) groups excluding carboxylic acids is 1. The van der Waals surface area contributed by atoms with Crippen LogP contribution < -0.4 is 5.43 Å². The van der Waals surface area contributed by atoms with Crippen LogP contribution in [0.4, 0.5) is 0 Å². The lowest BCUT2D eigenvalue weighted by Gasteiger charge is -2.34. The van der Waals surface area contributed by atoms with Crippen molar-refractivity contribution in [3.8, 4) is 0 Å². The van der Waals surface area contributed by atoms with Gasteiger partial charge in [0.15, 0.2) is 0 Å². The fourth-order valence-corrected chi connectivity index (χ4v) is 3.43. The Morgan fingerprint density at radius 3 is 2.43 bits per heavy atom. The number of hydrogen-bond acceptors (Lipinski definition) is 4. The second-order valence-corrected chi connectivity index (χ2v) is 7.44. The van der Waals surface area contributed by atoms with Crippen LogP contribution in [0.5, 0.6) is 0 Å². The van der Waals surface area contributed by atoms with Crippen LogP contribution in [-0.2, 0) is 17.8 Å². The Morgan fingerprint density at radius 2 is 1.75 bits per heavy atom. The lowest BCUT2D eigenvalue weighted by atomic mass is 10.1. The fourth-order valence-electron chi connectivity index (χ4n) is 3.23. The van der Waals surface area contributed by atoms with Crippen molar-refractivity contribution in [2.45, 2.75) is 19.9 Å². The van der Waals surface area contributed by atoms with Crippen molar-refractivity contribution in [2.24, 2.45) is 5.10 Å². The molecule has 5 nitrogen and oxygen atoms in total. The Morgan fingerprint density at radius 1 is 1.07 bits per heavy atom. The summed E-state index contributed by atoms with van der Waals surface area (Å²) in [5, 5.41) is 4.88. The summed E-state index contributed by atoms with van der Waals surface area (Å²) >= 11 is 6.25. The quantitative estimate of drug-likeness (QED) is 0.575. The van der Waals surface area contributed by atoms with Crippen LogP contribution in [0.2, 0.25) is 5.02 Å². The molecule has 6 heteroatoms. The summed E-state index contributed by atoms with van der Waals surface area (Å²) in [6, 6.07) is 16.1. The van der Waals surface area contributed by atoms with Gasteiger partial charge in [0.2, 0.25) is 0 Å². The van der Waals surface area contributed by atoms with Gasteiger partial charge in [-0.2, -0.15) is 5.10 Å². The fraction of sp³-hybridized carbons (Fsp3) is 0.364. The van der Waals surface area contributed by atoms with Gasteiger partial charge in [-0.15, -0.1) is 0 Å². The van der Waals surface area contributed by atoms with E-state index in [9.17, 15) is 4.79 Å². The van der Waals surface area contributed by atoms with Crippen molar-refractivity contribution in [3.05, 3.63) is 70.2 Å². The van der Waals surface area contributed by atoms with Gasteiger partial charge in [0.1, 0.15) is 0 Å². The molecule has 2 aromatic rings. The molecule has 0 atom stereocenters. The number of carbonyl (C=O) groups is 1. The molecular formula is C22H27ClN4O. The van der Waals surface area contributed by atoms with Gasteiger partial charge in [0.25, 0.3) is 5.91 Å².